The maximum Gasteiger partial charge on any atom is 0.269 e. The molecule has 0 aliphatic carbocycles. The van der Waals surface area contributed by atoms with Crippen LogP contribution in [0.2, 0.25) is 5.15 Å². The second-order valence-corrected chi connectivity index (χ2v) is 2.76. The molecule has 0 saturated carbocycles. The van der Waals surface area contributed by atoms with E-state index >= 15 is 0 Å². The summed E-state index contributed by atoms with van der Waals surface area (Å²) in [5.41, 5.74) is 6.26. The van der Waals surface area contributed by atoms with Gasteiger partial charge in [-0.1, -0.05) is 11.6 Å². The summed E-state index contributed by atoms with van der Waals surface area (Å²) >= 11 is 5.65. The van der Waals surface area contributed by atoms with Crippen molar-refractivity contribution >= 4 is 17.5 Å². The Bertz CT molecular complexity index is 338. The molecule has 5 heteroatoms. The van der Waals surface area contributed by atoms with Crippen molar-refractivity contribution in [1.82, 2.24) is 9.97 Å². The number of hydrogen-bond acceptors (Lipinski definition) is 3. The van der Waals surface area contributed by atoms with E-state index in [0.29, 0.717) is 11.4 Å². The van der Waals surface area contributed by atoms with Gasteiger partial charge in [0.25, 0.3) is 5.91 Å². The first-order valence-electron chi connectivity index (χ1n) is 3.33. The van der Waals surface area contributed by atoms with Crippen LogP contribution in [0, 0.1) is 13.8 Å². The topological polar surface area (TPSA) is 68.9 Å². The van der Waals surface area contributed by atoms with Gasteiger partial charge in [-0.3, -0.25) is 9.78 Å². The van der Waals surface area contributed by atoms with E-state index < -0.39 is 5.91 Å². The molecule has 1 rings (SSSR count). The summed E-state index contributed by atoms with van der Waals surface area (Å²) in [5.74, 6) is -0.609. The number of carbonyl (C=O) groups is 1. The number of hydrogen-bond donors (Lipinski definition) is 1. The van der Waals surface area contributed by atoms with Crippen LogP contribution >= 0.6 is 11.6 Å². The van der Waals surface area contributed by atoms with Crippen LogP contribution in [0.5, 0.6) is 0 Å². The second kappa shape index (κ2) is 3.06. The number of nitrogens with zero attached hydrogens (tertiary/aromatic N) is 2. The van der Waals surface area contributed by atoms with Crippen LogP contribution < -0.4 is 5.73 Å². The van der Waals surface area contributed by atoms with Gasteiger partial charge in [-0.15, -0.1) is 0 Å². The SMILES string of the molecule is Cc1nc(C)c(C(N)=O)nc1Cl. The Hall–Kier alpha value is -1.16. The summed E-state index contributed by atoms with van der Waals surface area (Å²) in [6.45, 7) is 3.38. The average molecular weight is 186 g/mol. The third-order valence-electron chi connectivity index (χ3n) is 1.42. The van der Waals surface area contributed by atoms with Crippen LogP contribution in [0.15, 0.2) is 0 Å². The summed E-state index contributed by atoms with van der Waals surface area (Å²) < 4.78 is 0. The fraction of sp³-hybridized carbons (Fsp3) is 0.286. The van der Waals surface area contributed by atoms with E-state index in [0.717, 1.165) is 0 Å². The summed E-state index contributed by atoms with van der Waals surface area (Å²) in [5, 5.41) is 0.217. The standard InChI is InChI=1S/C7H8ClN3O/c1-3-5(7(9)12)11-6(8)4(2)10-3/h1-2H3,(H2,9,12). The lowest BCUT2D eigenvalue weighted by atomic mass is 10.3. The molecular weight excluding hydrogens is 178 g/mol. The van der Waals surface area contributed by atoms with Crippen molar-refractivity contribution in [2.75, 3.05) is 0 Å². The predicted molar refractivity (Wildman–Crippen MR) is 45.0 cm³/mol. The van der Waals surface area contributed by atoms with Crippen molar-refractivity contribution in [3.63, 3.8) is 0 Å². The molecule has 0 aliphatic heterocycles. The highest BCUT2D eigenvalue weighted by atomic mass is 35.5. The first-order chi connectivity index (χ1) is 5.52. The lowest BCUT2D eigenvalue weighted by Crippen LogP contribution is -2.16. The minimum Gasteiger partial charge on any atom is -0.364 e. The number of carbonyl (C=O) groups excluding carboxylic acids is 1. The Morgan fingerprint density at radius 3 is 2.42 bits per heavy atom. The maximum absolute atomic E-state index is 10.7. The highest BCUT2D eigenvalue weighted by Gasteiger charge is 2.10. The third kappa shape index (κ3) is 1.53. The Morgan fingerprint density at radius 1 is 1.33 bits per heavy atom. The molecule has 12 heavy (non-hydrogen) atoms. The van der Waals surface area contributed by atoms with Gasteiger partial charge in [0.1, 0.15) is 0 Å². The molecule has 0 radical (unpaired) electrons. The summed E-state index contributed by atoms with van der Waals surface area (Å²) in [6.07, 6.45) is 0. The monoisotopic (exact) mass is 185 g/mol. The van der Waals surface area contributed by atoms with Crippen LogP contribution in [-0.4, -0.2) is 15.9 Å². The van der Waals surface area contributed by atoms with E-state index in [1.54, 1.807) is 13.8 Å². The smallest absolute Gasteiger partial charge is 0.269 e. The minimum atomic E-state index is -0.609. The molecule has 0 unspecified atom stereocenters. The van der Waals surface area contributed by atoms with Crippen LogP contribution in [0.3, 0.4) is 0 Å². The van der Waals surface area contributed by atoms with Gasteiger partial charge in [-0.25, -0.2) is 4.98 Å². The fourth-order valence-corrected chi connectivity index (χ4v) is 0.971. The molecule has 64 valence electrons. The molecule has 1 amide bonds. The van der Waals surface area contributed by atoms with E-state index in [4.69, 9.17) is 17.3 Å². The van der Waals surface area contributed by atoms with E-state index in [2.05, 4.69) is 9.97 Å². The number of amides is 1. The summed E-state index contributed by atoms with van der Waals surface area (Å²) in [6, 6.07) is 0. The van der Waals surface area contributed by atoms with Gasteiger partial charge in [0.15, 0.2) is 10.8 Å². The van der Waals surface area contributed by atoms with Gasteiger partial charge in [0, 0.05) is 0 Å². The van der Waals surface area contributed by atoms with Crippen molar-refractivity contribution in [3.05, 3.63) is 22.2 Å². The fourth-order valence-electron chi connectivity index (χ4n) is 0.844. The maximum atomic E-state index is 10.7. The molecule has 0 saturated heterocycles. The molecule has 0 fully saturated rings. The zero-order chi connectivity index (χ0) is 9.30. The molecule has 1 aromatic heterocycles. The highest BCUT2D eigenvalue weighted by molar-refractivity contribution is 6.30. The molecule has 0 bridgehead atoms. The first kappa shape index (κ1) is 8.93. The molecule has 4 nitrogen and oxygen atoms in total. The zero-order valence-electron chi connectivity index (χ0n) is 6.76. The van der Waals surface area contributed by atoms with Gasteiger partial charge < -0.3 is 5.73 Å². The van der Waals surface area contributed by atoms with Crippen molar-refractivity contribution in [1.29, 1.82) is 0 Å². The molecule has 0 spiro atoms. The van der Waals surface area contributed by atoms with Crippen LogP contribution in [0.4, 0.5) is 0 Å². The number of nitrogens with two attached hydrogens (primary N) is 1. The van der Waals surface area contributed by atoms with Gasteiger partial charge in [-0.2, -0.15) is 0 Å². The van der Waals surface area contributed by atoms with Gasteiger partial charge in [0.05, 0.1) is 11.4 Å². The summed E-state index contributed by atoms with van der Waals surface area (Å²) in [7, 11) is 0. The van der Waals surface area contributed by atoms with Gasteiger partial charge in [0.2, 0.25) is 0 Å². The van der Waals surface area contributed by atoms with Crippen molar-refractivity contribution in [2.45, 2.75) is 13.8 Å². The number of aromatic nitrogens is 2. The van der Waals surface area contributed by atoms with E-state index in [1.807, 2.05) is 0 Å². The second-order valence-electron chi connectivity index (χ2n) is 2.40. The Balaban J connectivity index is 3.33. The molecule has 1 aromatic rings. The molecule has 0 aliphatic rings. The highest BCUT2D eigenvalue weighted by Crippen LogP contribution is 2.11. The Morgan fingerprint density at radius 2 is 1.92 bits per heavy atom. The van der Waals surface area contributed by atoms with Gasteiger partial charge in [-0.05, 0) is 13.8 Å². The van der Waals surface area contributed by atoms with Crippen molar-refractivity contribution in [3.8, 4) is 0 Å². The quantitative estimate of drug-likeness (QED) is 0.705. The largest absolute Gasteiger partial charge is 0.364 e. The van der Waals surface area contributed by atoms with E-state index in [1.165, 1.54) is 0 Å². The Labute approximate surface area is 74.8 Å². The third-order valence-corrected chi connectivity index (χ3v) is 1.78. The van der Waals surface area contributed by atoms with Crippen LogP contribution in [0.25, 0.3) is 0 Å². The number of rotatable bonds is 1. The predicted octanol–water partition coefficient (Wildman–Crippen LogP) is 0.846. The molecular formula is C7H8ClN3O. The van der Waals surface area contributed by atoms with Crippen LogP contribution in [0.1, 0.15) is 21.9 Å². The van der Waals surface area contributed by atoms with Crippen LogP contribution in [-0.2, 0) is 0 Å². The molecule has 1 heterocycles. The number of aryl methyl sites for hydroxylation is 2. The van der Waals surface area contributed by atoms with E-state index in [-0.39, 0.29) is 10.8 Å². The molecule has 0 atom stereocenters. The molecule has 0 aromatic carbocycles. The lowest BCUT2D eigenvalue weighted by Gasteiger charge is -2.02. The average Bonchev–Trinajstić information content (AvgIpc) is 1.96. The lowest BCUT2D eigenvalue weighted by molar-refractivity contribution is 0.0994. The Kier molecular flexibility index (Phi) is 2.28. The van der Waals surface area contributed by atoms with Gasteiger partial charge >= 0.3 is 0 Å². The summed E-state index contributed by atoms with van der Waals surface area (Å²) in [4.78, 5) is 18.5. The first-order valence-corrected chi connectivity index (χ1v) is 3.70. The number of primary amides is 1. The normalized spacial score (nSPS) is 9.92. The number of halogens is 1. The minimum absolute atomic E-state index is 0.130. The van der Waals surface area contributed by atoms with Crippen molar-refractivity contribution in [2.24, 2.45) is 5.73 Å². The zero-order valence-corrected chi connectivity index (χ0v) is 7.51. The van der Waals surface area contributed by atoms with E-state index in [9.17, 15) is 4.79 Å². The van der Waals surface area contributed by atoms with Crippen molar-refractivity contribution < 1.29 is 4.79 Å². The molecule has 2 N–H and O–H groups in total.